The molecule has 2 N–H and O–H groups in total. The number of aromatic nitrogens is 1. The van der Waals surface area contributed by atoms with E-state index in [0.717, 1.165) is 54.4 Å². The number of rotatable bonds is 5. The monoisotopic (exact) mass is 764 g/mol. The molecule has 5 aliphatic rings. The third-order valence-corrected chi connectivity index (χ3v) is 13.4. The quantitative estimate of drug-likeness (QED) is 0.197. The second-order valence-electron chi connectivity index (χ2n) is 16.2. The van der Waals surface area contributed by atoms with E-state index in [-0.39, 0.29) is 18.3 Å². The summed E-state index contributed by atoms with van der Waals surface area (Å²) in [4.78, 5) is 46.6. The molecule has 6 heterocycles. The number of aryl methyl sites for hydroxylation is 2. The normalized spacial score (nSPS) is 28.1. The Bertz CT molecular complexity index is 2010. The van der Waals surface area contributed by atoms with E-state index in [4.69, 9.17) is 28.9 Å². The lowest BCUT2D eigenvalue weighted by molar-refractivity contribution is -0.193. The van der Waals surface area contributed by atoms with E-state index in [1.165, 1.54) is 72.1 Å². The number of hydrogen-bond acceptors (Lipinski definition) is 9. The summed E-state index contributed by atoms with van der Waals surface area (Å²) >= 11 is 0. The van der Waals surface area contributed by atoms with E-state index in [2.05, 4.69) is 106 Å². The van der Waals surface area contributed by atoms with Crippen molar-refractivity contribution in [1.29, 1.82) is 0 Å². The van der Waals surface area contributed by atoms with E-state index < -0.39 is 5.60 Å². The Kier molecular flexibility index (Phi) is 14.2. The molecule has 2 aromatic carbocycles. The molecule has 0 spiro atoms. The summed E-state index contributed by atoms with van der Waals surface area (Å²) in [5.41, 5.74) is 12.0. The summed E-state index contributed by atoms with van der Waals surface area (Å²) in [7, 11) is 1.76. The fourth-order valence-electron chi connectivity index (χ4n) is 10.7. The topological polar surface area (TPSA) is 132 Å². The number of aliphatic imine (C=N–C) groups is 1. The van der Waals surface area contributed by atoms with Gasteiger partial charge in [0.1, 0.15) is 5.60 Å². The molecule has 10 heteroatoms. The van der Waals surface area contributed by atoms with Crippen LogP contribution in [-0.4, -0.2) is 77.2 Å². The minimum Gasteiger partial charge on any atom is -0.504 e. The second-order valence-corrected chi connectivity index (χ2v) is 16.2. The Hall–Kier alpha value is -4.43. The van der Waals surface area contributed by atoms with E-state index in [9.17, 15) is 5.11 Å². The number of nitrogens with one attached hydrogen (secondary N) is 1. The maximum Gasteiger partial charge on any atom is 0.373 e. The summed E-state index contributed by atoms with van der Waals surface area (Å²) in [6.07, 6.45) is 11.4. The van der Waals surface area contributed by atoms with Gasteiger partial charge in [0.2, 0.25) is 0 Å². The maximum atomic E-state index is 11.6. The lowest BCUT2D eigenvalue weighted by atomic mass is 9.70. The number of piperidine rings is 3. The van der Waals surface area contributed by atoms with Gasteiger partial charge in [-0.1, -0.05) is 62.6 Å². The summed E-state index contributed by atoms with van der Waals surface area (Å²) in [6.45, 7) is 20.1. The number of nitrogens with zero attached hydrogens (tertiary/aromatic N) is 3. The largest absolute Gasteiger partial charge is 0.504 e. The molecular formula is C46H60N4O6. The van der Waals surface area contributed by atoms with Gasteiger partial charge in [0.25, 0.3) is 0 Å². The summed E-state index contributed by atoms with van der Waals surface area (Å²) < 4.78 is 5.34. The predicted octanol–water partition coefficient (Wildman–Crippen LogP) is 8.16. The van der Waals surface area contributed by atoms with Gasteiger partial charge in [0.05, 0.1) is 36.9 Å². The van der Waals surface area contributed by atoms with Crippen molar-refractivity contribution in [3.05, 3.63) is 87.8 Å². The van der Waals surface area contributed by atoms with Crippen LogP contribution in [0, 0.1) is 37.5 Å². The number of H-pyrrole nitrogens is 1. The Balaban J connectivity index is 0.000000188. The average Bonchev–Trinajstić information content (AvgIpc) is 3.74. The van der Waals surface area contributed by atoms with Crippen LogP contribution in [0.2, 0.25) is 0 Å². The van der Waals surface area contributed by atoms with Crippen LogP contribution in [0.1, 0.15) is 101 Å². The van der Waals surface area contributed by atoms with Crippen molar-refractivity contribution < 1.29 is 29.0 Å². The standard InChI is InChI=1S/2C22H30N2O.2CO2/c1-5-16-12-24-10-9-17-21-14(2)7-6-8-19(21)23-22(17)20(24)11-18(16)15(3)13-25-4;1-5-14(3)17-12-19-21-22(25,10-11-24(19)13-16(17)6-2)20-15(4)8-7-9-18(20)23-21;2*2-1-3/h6-8,13,16,18,20,23H,5,9-12H2,1-4H3;5,7-9,16-17,19,25H,6,10-13H2,1-4H3;;/b15-13+;14-5+;;/t16-,18-,20+;16-,17-,19+,22+;;/m11../s1. The minimum atomic E-state index is -0.852. The third kappa shape index (κ3) is 8.18. The first-order valence-corrected chi connectivity index (χ1v) is 20.3. The molecule has 3 saturated heterocycles. The molecule has 0 unspecified atom stereocenters. The highest BCUT2D eigenvalue weighted by Crippen LogP contribution is 2.50. The van der Waals surface area contributed by atoms with Gasteiger partial charge in [-0.25, -0.2) is 0 Å². The van der Waals surface area contributed by atoms with Crippen LogP contribution in [0.3, 0.4) is 0 Å². The van der Waals surface area contributed by atoms with Gasteiger partial charge in [-0.05, 0) is 118 Å². The van der Waals surface area contributed by atoms with E-state index >= 15 is 0 Å². The third-order valence-electron chi connectivity index (χ3n) is 13.4. The summed E-state index contributed by atoms with van der Waals surface area (Å²) in [5.74, 6) is 2.66. The number of allylic oxidation sites excluding steroid dienone is 3. The smallest absolute Gasteiger partial charge is 0.373 e. The molecule has 0 bridgehead atoms. The zero-order valence-corrected chi connectivity index (χ0v) is 34.5. The summed E-state index contributed by atoms with van der Waals surface area (Å²) in [5, 5.41) is 13.1. The Morgan fingerprint density at radius 2 is 1.50 bits per heavy atom. The minimum absolute atomic E-state index is 0.250. The molecular weight excluding hydrogens is 705 g/mol. The fraction of sp³-hybridized carbons (Fsp3) is 0.543. The van der Waals surface area contributed by atoms with Gasteiger partial charge in [0, 0.05) is 48.3 Å². The van der Waals surface area contributed by atoms with Crippen molar-refractivity contribution in [2.75, 3.05) is 33.3 Å². The first kappa shape index (κ1) is 42.7. The highest BCUT2D eigenvalue weighted by molar-refractivity contribution is 6.05. The average molecular weight is 765 g/mol. The SMILES string of the molecule is C/C=C(\C)[C@H]1C[C@H]2C3=Nc4cccc(C)c4[C@@]3(O)CCN2C[C@H]1CC.CC[C@@H]1CN2CCc3c([nH]c4cccc(C)c34)[C@@H]2C[C@@H]1/C(C)=C/OC.O=C=O.O=C=O. The Labute approximate surface area is 332 Å². The molecule has 0 radical (unpaired) electrons. The number of methoxy groups -OCH3 is 1. The highest BCUT2D eigenvalue weighted by Gasteiger charge is 2.53. The highest BCUT2D eigenvalue weighted by atomic mass is 16.5. The number of ether oxygens (including phenoxy) is 1. The van der Waals surface area contributed by atoms with Crippen LogP contribution >= 0.6 is 0 Å². The zero-order valence-electron chi connectivity index (χ0n) is 34.5. The molecule has 1 aromatic heterocycles. The number of aromatic amines is 1. The number of benzene rings is 2. The Morgan fingerprint density at radius 3 is 2.12 bits per heavy atom. The van der Waals surface area contributed by atoms with Gasteiger partial charge in [-0.2, -0.15) is 19.2 Å². The van der Waals surface area contributed by atoms with E-state index in [1.54, 1.807) is 12.7 Å². The van der Waals surface area contributed by atoms with Gasteiger partial charge >= 0.3 is 12.3 Å². The van der Waals surface area contributed by atoms with Crippen LogP contribution in [-0.2, 0) is 35.9 Å². The van der Waals surface area contributed by atoms with Crippen LogP contribution in [0.15, 0.2) is 64.9 Å². The first-order valence-electron chi connectivity index (χ1n) is 20.3. The lowest BCUT2D eigenvalue weighted by Crippen LogP contribution is -2.60. The molecule has 7 atom stereocenters. The summed E-state index contributed by atoms with van der Waals surface area (Å²) in [6, 6.07) is 13.6. The van der Waals surface area contributed by atoms with Crippen LogP contribution < -0.4 is 0 Å². The van der Waals surface area contributed by atoms with Gasteiger partial charge in [0.15, 0.2) is 0 Å². The molecule has 56 heavy (non-hydrogen) atoms. The van der Waals surface area contributed by atoms with Gasteiger partial charge in [-0.15, -0.1) is 0 Å². The van der Waals surface area contributed by atoms with Crippen molar-refractivity contribution in [1.82, 2.24) is 14.8 Å². The fourth-order valence-corrected chi connectivity index (χ4v) is 10.7. The van der Waals surface area contributed by atoms with Crippen molar-refractivity contribution in [2.24, 2.45) is 28.7 Å². The Morgan fingerprint density at radius 1 is 0.911 bits per heavy atom. The van der Waals surface area contributed by atoms with Crippen molar-refractivity contribution in [2.45, 2.75) is 105 Å². The maximum absolute atomic E-state index is 11.6. The molecule has 5 aliphatic heterocycles. The van der Waals surface area contributed by atoms with Gasteiger partial charge < -0.3 is 14.8 Å². The molecule has 3 aromatic rings. The number of carbonyl (C=O) groups excluding carboxylic acids is 4. The molecule has 0 amide bonds. The predicted molar refractivity (Wildman–Crippen MR) is 217 cm³/mol. The first-order chi connectivity index (χ1) is 27.0. The number of fused-ring (bicyclic) bond motifs is 10. The van der Waals surface area contributed by atoms with E-state index in [0.29, 0.717) is 23.8 Å². The molecule has 10 nitrogen and oxygen atoms in total. The number of hydrogen-bond donors (Lipinski definition) is 2. The van der Waals surface area contributed by atoms with E-state index in [1.807, 2.05) is 6.26 Å². The van der Waals surface area contributed by atoms with Crippen molar-refractivity contribution in [3.63, 3.8) is 0 Å². The van der Waals surface area contributed by atoms with Crippen LogP contribution in [0.4, 0.5) is 5.69 Å². The molecule has 0 aliphatic carbocycles. The van der Waals surface area contributed by atoms with Crippen LogP contribution in [0.25, 0.3) is 10.9 Å². The van der Waals surface area contributed by atoms with Crippen molar-refractivity contribution in [3.8, 4) is 0 Å². The molecule has 0 saturated carbocycles. The zero-order chi connectivity index (χ0) is 40.7. The number of aliphatic hydroxyl groups is 1. The molecule has 300 valence electrons. The second kappa shape index (κ2) is 18.7. The van der Waals surface area contributed by atoms with Gasteiger partial charge in [-0.3, -0.25) is 14.8 Å². The lowest BCUT2D eigenvalue weighted by Gasteiger charge is -2.50. The molecule has 8 rings (SSSR count). The van der Waals surface area contributed by atoms with Crippen LogP contribution in [0.5, 0.6) is 0 Å². The molecule has 3 fully saturated rings. The van der Waals surface area contributed by atoms with Crippen molar-refractivity contribution >= 4 is 34.6 Å².